The minimum Gasteiger partial charge on any atom is -0.470 e. The molecule has 6 aromatic rings. The van der Waals surface area contributed by atoms with Gasteiger partial charge in [-0.05, 0) is 55.2 Å². The largest absolute Gasteiger partial charge is 0.470 e. The van der Waals surface area contributed by atoms with Gasteiger partial charge in [-0.15, -0.1) is 11.3 Å². The molecule has 1 fully saturated rings. The Balaban J connectivity index is 0.000000179. The molecule has 0 saturated heterocycles. The number of nitrogens with one attached hydrogen (secondary N) is 2. The van der Waals surface area contributed by atoms with E-state index < -0.39 is 10.8 Å². The van der Waals surface area contributed by atoms with Gasteiger partial charge in [0.25, 0.3) is 17.0 Å². The van der Waals surface area contributed by atoms with E-state index in [1.165, 1.54) is 61.0 Å². The van der Waals surface area contributed by atoms with E-state index in [2.05, 4.69) is 30.6 Å². The zero-order chi connectivity index (χ0) is 35.7. The average Bonchev–Trinajstić information content (AvgIpc) is 3.78. The first kappa shape index (κ1) is 35.8. The monoisotopic (exact) mass is 744 g/mol. The molecule has 4 aromatic heterocycles. The number of aromatic nitrogens is 4. The van der Waals surface area contributed by atoms with Crippen LogP contribution in [0.25, 0.3) is 20.4 Å². The van der Waals surface area contributed by atoms with Crippen molar-refractivity contribution in [1.29, 1.82) is 0 Å². The summed E-state index contributed by atoms with van der Waals surface area (Å²) in [4.78, 5) is 40.2. The van der Waals surface area contributed by atoms with Crippen molar-refractivity contribution in [2.45, 2.75) is 36.4 Å². The van der Waals surface area contributed by atoms with Crippen LogP contribution < -0.4 is 24.8 Å². The molecule has 4 heterocycles. The quantitative estimate of drug-likeness (QED) is 0.145. The lowest BCUT2D eigenvalue weighted by Gasteiger charge is -2.20. The molecule has 7 rings (SSSR count). The average molecular weight is 745 g/mol. The van der Waals surface area contributed by atoms with Gasteiger partial charge in [0.15, 0.2) is 4.34 Å². The van der Waals surface area contributed by atoms with Gasteiger partial charge in [-0.1, -0.05) is 30.6 Å². The maximum absolute atomic E-state index is 11.7. The van der Waals surface area contributed by atoms with E-state index >= 15 is 0 Å². The van der Waals surface area contributed by atoms with Gasteiger partial charge in [-0.25, -0.2) is 9.97 Å². The second-order valence-electron chi connectivity index (χ2n) is 11.6. The molecular weight excluding hydrogens is 709 g/mol. The van der Waals surface area contributed by atoms with Crippen molar-refractivity contribution in [2.75, 3.05) is 27.0 Å². The minimum atomic E-state index is -1.10. The number of fused-ring (bicyclic) bond motifs is 2. The van der Waals surface area contributed by atoms with Crippen LogP contribution in [0, 0.1) is 5.92 Å². The molecule has 1 aliphatic carbocycles. The first-order valence-electron chi connectivity index (χ1n) is 16.3. The van der Waals surface area contributed by atoms with Gasteiger partial charge in [0.05, 0.1) is 37.8 Å². The number of amides is 2. The summed E-state index contributed by atoms with van der Waals surface area (Å²) in [6.45, 7) is 0.752. The number of rotatable bonds is 10. The Labute approximate surface area is 305 Å². The van der Waals surface area contributed by atoms with Crippen molar-refractivity contribution < 1.29 is 28.0 Å². The van der Waals surface area contributed by atoms with E-state index in [1.54, 1.807) is 56.9 Å². The van der Waals surface area contributed by atoms with E-state index in [9.17, 15) is 13.8 Å². The number of carbonyl (C=O) groups excluding carboxylic acids is 2. The van der Waals surface area contributed by atoms with Crippen LogP contribution in [0.3, 0.4) is 0 Å². The number of pyridine rings is 2. The third-order valence-corrected chi connectivity index (χ3v) is 11.2. The van der Waals surface area contributed by atoms with Crippen molar-refractivity contribution in [2.24, 2.45) is 5.92 Å². The van der Waals surface area contributed by atoms with Crippen molar-refractivity contribution in [1.82, 2.24) is 30.6 Å². The molecule has 1 aliphatic rings. The molecule has 0 spiro atoms. The number of ether oxygens (including phenoxy) is 3. The predicted molar refractivity (Wildman–Crippen MR) is 199 cm³/mol. The standard InChI is InChI=1S/C21H23N3O3S.C15H13N3O3S2/c1-22-20(25)18-11-16(9-10-23-18)27-15-7-8-17-19(12-15)28-21(24-17)26-13-14-5-3-2-4-6-14;1-16-14(19)12-7-10(5-6-17-12)21-9-3-4-11-13(8-9)22-15(18-11)23(2)20/h7-12,14H,2-6,13H2,1H3,(H,22,25);3-8H,1-2H3,(H,16,19). The van der Waals surface area contributed by atoms with Gasteiger partial charge in [0, 0.05) is 57.0 Å². The van der Waals surface area contributed by atoms with Crippen molar-refractivity contribution in [3.8, 4) is 28.2 Å². The zero-order valence-electron chi connectivity index (χ0n) is 28.2. The topological polar surface area (TPSA) is 155 Å². The van der Waals surface area contributed by atoms with Gasteiger partial charge >= 0.3 is 0 Å². The summed E-state index contributed by atoms with van der Waals surface area (Å²) in [5, 5.41) is 5.79. The molecule has 12 nitrogen and oxygen atoms in total. The molecule has 2 N–H and O–H groups in total. The Kier molecular flexibility index (Phi) is 11.8. The van der Waals surface area contributed by atoms with Crippen LogP contribution in [0.1, 0.15) is 53.1 Å². The number of carbonyl (C=O) groups is 2. The fourth-order valence-corrected chi connectivity index (χ4v) is 7.89. The fourth-order valence-electron chi connectivity index (χ4n) is 5.35. The first-order valence-corrected chi connectivity index (χ1v) is 19.5. The molecular formula is C36H36N6O6S3. The summed E-state index contributed by atoms with van der Waals surface area (Å²) in [6, 6.07) is 17.8. The summed E-state index contributed by atoms with van der Waals surface area (Å²) in [5.41, 5.74) is 2.29. The Hall–Kier alpha value is -4.99. The first-order chi connectivity index (χ1) is 24.8. The highest BCUT2D eigenvalue weighted by Crippen LogP contribution is 2.34. The lowest BCUT2D eigenvalue weighted by atomic mass is 9.90. The lowest BCUT2D eigenvalue weighted by molar-refractivity contribution is 0.0950. The highest BCUT2D eigenvalue weighted by molar-refractivity contribution is 7.86. The van der Waals surface area contributed by atoms with E-state index in [0.717, 1.165) is 27.0 Å². The van der Waals surface area contributed by atoms with E-state index in [1.807, 2.05) is 30.3 Å². The molecule has 1 unspecified atom stereocenters. The maximum atomic E-state index is 11.7. The second-order valence-corrected chi connectivity index (χ2v) is 15.2. The fraction of sp³-hybridized carbons (Fsp3) is 0.278. The normalized spacial score (nSPS) is 13.5. The highest BCUT2D eigenvalue weighted by Gasteiger charge is 2.16. The second kappa shape index (κ2) is 16.8. The van der Waals surface area contributed by atoms with Crippen molar-refractivity contribution >= 4 is 65.7 Å². The third-order valence-electron chi connectivity index (χ3n) is 7.95. The third kappa shape index (κ3) is 9.42. The number of hydrogen-bond acceptors (Lipinski definition) is 12. The molecule has 0 bridgehead atoms. The predicted octanol–water partition coefficient (Wildman–Crippen LogP) is 7.38. The number of thiazole rings is 2. The summed E-state index contributed by atoms with van der Waals surface area (Å²) >= 11 is 2.91. The molecule has 0 aliphatic heterocycles. The van der Waals surface area contributed by atoms with Gasteiger partial charge in [0.2, 0.25) is 0 Å². The van der Waals surface area contributed by atoms with Crippen LogP contribution >= 0.6 is 22.7 Å². The number of hydrogen-bond donors (Lipinski definition) is 2. The SMILES string of the molecule is CNC(=O)c1cc(Oc2ccc3nc(OCC4CCCCC4)sc3c2)ccn1.CNC(=O)c1cc(Oc2ccc3nc(S(C)=O)sc3c2)ccn1. The molecule has 2 amide bonds. The summed E-state index contributed by atoms with van der Waals surface area (Å²) < 4.78 is 31.6. The van der Waals surface area contributed by atoms with Crippen LogP contribution in [0.4, 0.5) is 0 Å². The molecule has 2 aromatic carbocycles. The highest BCUT2D eigenvalue weighted by atomic mass is 32.2. The smallest absolute Gasteiger partial charge is 0.274 e. The van der Waals surface area contributed by atoms with Crippen LogP contribution in [-0.2, 0) is 10.8 Å². The summed E-state index contributed by atoms with van der Waals surface area (Å²) in [5.74, 6) is 2.51. The van der Waals surface area contributed by atoms with E-state index in [4.69, 9.17) is 14.2 Å². The van der Waals surface area contributed by atoms with Crippen molar-refractivity contribution in [3.05, 3.63) is 84.4 Å². The van der Waals surface area contributed by atoms with Gasteiger partial charge < -0.3 is 24.8 Å². The minimum absolute atomic E-state index is 0.247. The van der Waals surface area contributed by atoms with Gasteiger partial charge in [-0.3, -0.25) is 23.8 Å². The summed E-state index contributed by atoms with van der Waals surface area (Å²) in [7, 11) is 2.02. The van der Waals surface area contributed by atoms with Crippen LogP contribution in [-0.4, -0.2) is 62.9 Å². The van der Waals surface area contributed by atoms with Gasteiger partial charge in [-0.2, -0.15) is 0 Å². The van der Waals surface area contributed by atoms with Crippen LogP contribution in [0.15, 0.2) is 77.4 Å². The molecule has 51 heavy (non-hydrogen) atoms. The maximum Gasteiger partial charge on any atom is 0.274 e. The Morgan fingerprint density at radius 1 is 0.745 bits per heavy atom. The molecule has 1 atom stereocenters. The van der Waals surface area contributed by atoms with Gasteiger partial charge in [0.1, 0.15) is 34.4 Å². The summed E-state index contributed by atoms with van der Waals surface area (Å²) in [6.07, 6.45) is 11.2. The van der Waals surface area contributed by atoms with E-state index in [-0.39, 0.29) is 17.5 Å². The zero-order valence-corrected chi connectivity index (χ0v) is 30.7. The van der Waals surface area contributed by atoms with Crippen LogP contribution in [0.5, 0.6) is 28.2 Å². The molecule has 15 heteroatoms. The molecule has 264 valence electrons. The Morgan fingerprint density at radius 3 is 1.82 bits per heavy atom. The number of benzene rings is 2. The molecule has 1 saturated carbocycles. The molecule has 0 radical (unpaired) electrons. The number of nitrogens with zero attached hydrogens (tertiary/aromatic N) is 4. The van der Waals surface area contributed by atoms with Crippen molar-refractivity contribution in [3.63, 3.8) is 0 Å². The Morgan fingerprint density at radius 2 is 1.27 bits per heavy atom. The Bertz CT molecular complexity index is 2180. The lowest BCUT2D eigenvalue weighted by Crippen LogP contribution is -2.18. The van der Waals surface area contributed by atoms with E-state index in [0.29, 0.717) is 44.1 Å². The van der Waals surface area contributed by atoms with Crippen LogP contribution in [0.2, 0.25) is 0 Å².